The normalized spacial score (nSPS) is 28.5. The third kappa shape index (κ3) is 4.00. The molecule has 0 aliphatic heterocycles. The molecule has 0 heterocycles. The van der Waals surface area contributed by atoms with E-state index in [0.29, 0.717) is 17.0 Å². The number of nitrogens with two attached hydrogens (primary N) is 1. The Morgan fingerprint density at radius 2 is 2.08 bits per heavy atom. The van der Waals surface area contributed by atoms with Crippen LogP contribution < -0.4 is 11.1 Å². The van der Waals surface area contributed by atoms with Gasteiger partial charge in [-0.25, -0.2) is 0 Å². The first-order chi connectivity index (χ1) is 6.22. The van der Waals surface area contributed by atoms with Gasteiger partial charge in [0.15, 0.2) is 0 Å². The van der Waals surface area contributed by atoms with Crippen molar-refractivity contribution in [1.82, 2.24) is 5.32 Å². The first-order valence-corrected chi connectivity index (χ1v) is 5.85. The summed E-state index contributed by atoms with van der Waals surface area (Å²) in [4.78, 5) is 11.0. The second-order valence-electron chi connectivity index (χ2n) is 3.52. The summed E-state index contributed by atoms with van der Waals surface area (Å²) in [5, 5.41) is 3.28. The number of hydrogen-bond acceptors (Lipinski definition) is 3. The van der Waals surface area contributed by atoms with Gasteiger partial charge in [0.05, 0.1) is 5.75 Å². The molecule has 4 heteroatoms. The van der Waals surface area contributed by atoms with Crippen LogP contribution in [0.3, 0.4) is 0 Å². The highest BCUT2D eigenvalue weighted by atomic mass is 32.2. The molecule has 1 fully saturated rings. The lowest BCUT2D eigenvalue weighted by Gasteiger charge is -2.25. The van der Waals surface area contributed by atoms with Gasteiger partial charge < -0.3 is 11.1 Å². The van der Waals surface area contributed by atoms with Gasteiger partial charge in [0.25, 0.3) is 0 Å². The highest BCUT2D eigenvalue weighted by molar-refractivity contribution is 8.00. The van der Waals surface area contributed by atoms with Crippen molar-refractivity contribution in [1.29, 1.82) is 0 Å². The average molecular weight is 202 g/mol. The Labute approximate surface area is 83.8 Å². The molecule has 3 N–H and O–H groups in total. The Morgan fingerprint density at radius 3 is 2.62 bits per heavy atom. The van der Waals surface area contributed by atoms with Crippen molar-refractivity contribution < 1.29 is 4.79 Å². The van der Waals surface area contributed by atoms with E-state index in [-0.39, 0.29) is 5.91 Å². The van der Waals surface area contributed by atoms with Crippen molar-refractivity contribution in [3.05, 3.63) is 0 Å². The van der Waals surface area contributed by atoms with Crippen molar-refractivity contribution in [3.8, 4) is 0 Å². The van der Waals surface area contributed by atoms with Crippen molar-refractivity contribution in [3.63, 3.8) is 0 Å². The van der Waals surface area contributed by atoms with Crippen LogP contribution in [0.5, 0.6) is 0 Å². The summed E-state index contributed by atoms with van der Waals surface area (Å²) in [6.45, 7) is 0. The molecule has 1 aliphatic carbocycles. The molecule has 0 bridgehead atoms. The van der Waals surface area contributed by atoms with Crippen LogP contribution in [0, 0.1) is 0 Å². The number of nitrogens with one attached hydrogen (secondary N) is 1. The molecule has 0 radical (unpaired) electrons. The fraction of sp³-hybridized carbons (Fsp3) is 0.889. The molecule has 3 nitrogen and oxygen atoms in total. The molecule has 1 aliphatic rings. The van der Waals surface area contributed by atoms with Gasteiger partial charge >= 0.3 is 0 Å². The summed E-state index contributed by atoms with van der Waals surface area (Å²) >= 11 is 1.76. The molecule has 0 aromatic rings. The van der Waals surface area contributed by atoms with Crippen LogP contribution in [0.1, 0.15) is 25.7 Å². The van der Waals surface area contributed by atoms with Crippen molar-refractivity contribution in [2.24, 2.45) is 5.73 Å². The van der Waals surface area contributed by atoms with Gasteiger partial charge in [-0.2, -0.15) is 0 Å². The third-order valence-electron chi connectivity index (χ3n) is 2.45. The maximum absolute atomic E-state index is 11.0. The first kappa shape index (κ1) is 10.9. The minimum absolute atomic E-state index is 0.125. The molecular formula is C9H18N2OS. The predicted octanol–water partition coefficient (Wildman–Crippen LogP) is 0.735. The number of carbonyl (C=O) groups excluding carboxylic acids is 1. The summed E-state index contributed by atoms with van der Waals surface area (Å²) in [6, 6.07) is 0.400. The van der Waals surface area contributed by atoms with Crippen LogP contribution >= 0.6 is 11.8 Å². The fourth-order valence-corrected chi connectivity index (χ4v) is 2.66. The third-order valence-corrected chi connectivity index (χ3v) is 3.82. The number of hydrogen-bond donors (Lipinski definition) is 2. The van der Waals surface area contributed by atoms with Crippen LogP contribution in [0.25, 0.3) is 0 Å². The van der Waals surface area contributed by atoms with Crippen LogP contribution in [0.2, 0.25) is 0 Å². The molecule has 1 rings (SSSR count). The Balaban J connectivity index is 2.12. The largest absolute Gasteiger partial charge is 0.358 e. The second kappa shape index (κ2) is 5.50. The first-order valence-electron chi connectivity index (χ1n) is 4.80. The fourth-order valence-electron chi connectivity index (χ4n) is 1.52. The minimum Gasteiger partial charge on any atom is -0.358 e. The monoisotopic (exact) mass is 202 g/mol. The molecule has 0 saturated heterocycles. The Kier molecular flexibility index (Phi) is 4.59. The molecule has 76 valence electrons. The van der Waals surface area contributed by atoms with E-state index >= 15 is 0 Å². The van der Waals surface area contributed by atoms with Crippen LogP contribution in [-0.4, -0.2) is 30.0 Å². The van der Waals surface area contributed by atoms with E-state index in [1.54, 1.807) is 18.8 Å². The topological polar surface area (TPSA) is 55.1 Å². The standard InChI is InChI=1S/C9H18N2OS/c1-11-9(12)6-13-8-4-2-7(10)3-5-8/h7-8H,2-6,10H2,1H3,(H,11,12). The SMILES string of the molecule is CNC(=O)CSC1CCC(N)CC1. The van der Waals surface area contributed by atoms with Crippen molar-refractivity contribution in [2.45, 2.75) is 37.0 Å². The molecule has 0 aromatic heterocycles. The zero-order valence-corrected chi connectivity index (χ0v) is 8.90. The number of rotatable bonds is 3. The lowest BCUT2D eigenvalue weighted by Crippen LogP contribution is -2.29. The highest BCUT2D eigenvalue weighted by Gasteiger charge is 2.19. The maximum atomic E-state index is 11.0. The molecule has 13 heavy (non-hydrogen) atoms. The van der Waals surface area contributed by atoms with E-state index in [1.807, 2.05) is 0 Å². The average Bonchev–Trinajstić information content (AvgIpc) is 2.16. The minimum atomic E-state index is 0.125. The number of amides is 1. The Hall–Kier alpha value is -0.220. The Morgan fingerprint density at radius 1 is 1.46 bits per heavy atom. The van der Waals surface area contributed by atoms with Gasteiger partial charge in [0, 0.05) is 18.3 Å². The molecule has 0 aromatic carbocycles. The van der Waals surface area contributed by atoms with Crippen molar-refractivity contribution >= 4 is 17.7 Å². The second-order valence-corrected chi connectivity index (χ2v) is 4.81. The smallest absolute Gasteiger partial charge is 0.229 e. The molecule has 0 spiro atoms. The zero-order chi connectivity index (χ0) is 9.68. The van der Waals surface area contributed by atoms with Crippen molar-refractivity contribution in [2.75, 3.05) is 12.8 Å². The van der Waals surface area contributed by atoms with Gasteiger partial charge in [-0.1, -0.05) is 0 Å². The van der Waals surface area contributed by atoms with Crippen LogP contribution in [0.4, 0.5) is 0 Å². The van der Waals surface area contributed by atoms with Gasteiger partial charge in [0.1, 0.15) is 0 Å². The van der Waals surface area contributed by atoms with Gasteiger partial charge in [-0.05, 0) is 25.7 Å². The van der Waals surface area contributed by atoms with Gasteiger partial charge in [0.2, 0.25) is 5.91 Å². The maximum Gasteiger partial charge on any atom is 0.229 e. The van der Waals surface area contributed by atoms with Crippen LogP contribution in [-0.2, 0) is 4.79 Å². The predicted molar refractivity (Wildman–Crippen MR) is 56.8 cm³/mol. The van der Waals surface area contributed by atoms with E-state index in [0.717, 1.165) is 12.8 Å². The lowest BCUT2D eigenvalue weighted by molar-refractivity contribution is -0.118. The summed E-state index contributed by atoms with van der Waals surface area (Å²) in [5.41, 5.74) is 5.79. The lowest BCUT2D eigenvalue weighted by atomic mass is 9.96. The molecular weight excluding hydrogens is 184 g/mol. The van der Waals surface area contributed by atoms with Crippen LogP contribution in [0.15, 0.2) is 0 Å². The summed E-state index contributed by atoms with van der Waals surface area (Å²) < 4.78 is 0. The number of carbonyl (C=O) groups is 1. The quantitative estimate of drug-likeness (QED) is 0.709. The molecule has 1 saturated carbocycles. The van der Waals surface area contributed by atoms with Gasteiger partial charge in [-0.15, -0.1) is 11.8 Å². The molecule has 0 unspecified atom stereocenters. The number of thioether (sulfide) groups is 1. The highest BCUT2D eigenvalue weighted by Crippen LogP contribution is 2.27. The summed E-state index contributed by atoms with van der Waals surface area (Å²) in [6.07, 6.45) is 4.57. The van der Waals surface area contributed by atoms with E-state index in [9.17, 15) is 4.79 Å². The van der Waals surface area contributed by atoms with E-state index in [1.165, 1.54) is 12.8 Å². The molecule has 0 atom stereocenters. The molecule has 1 amide bonds. The zero-order valence-electron chi connectivity index (χ0n) is 8.08. The summed E-state index contributed by atoms with van der Waals surface area (Å²) in [7, 11) is 1.68. The van der Waals surface area contributed by atoms with Gasteiger partial charge in [-0.3, -0.25) is 4.79 Å². The Bertz CT molecular complexity index is 167. The van der Waals surface area contributed by atoms with E-state index in [2.05, 4.69) is 5.32 Å². The summed E-state index contributed by atoms with van der Waals surface area (Å²) in [5.74, 6) is 0.719. The van der Waals surface area contributed by atoms with E-state index in [4.69, 9.17) is 5.73 Å². The van der Waals surface area contributed by atoms with E-state index < -0.39 is 0 Å².